The first-order chi connectivity index (χ1) is 13.7. The van der Waals surface area contributed by atoms with E-state index in [-0.39, 0.29) is 16.9 Å². The third-order valence-electron chi connectivity index (χ3n) is 3.67. The number of carbonyl (C=O) groups is 1. The van der Waals surface area contributed by atoms with Crippen molar-refractivity contribution in [2.45, 2.75) is 0 Å². The fourth-order valence-electron chi connectivity index (χ4n) is 2.38. The number of hydrazone groups is 1. The lowest BCUT2D eigenvalue weighted by Crippen LogP contribution is -2.03. The van der Waals surface area contributed by atoms with E-state index in [1.165, 1.54) is 18.3 Å². The van der Waals surface area contributed by atoms with E-state index in [4.69, 9.17) is 5.11 Å². The molecule has 0 aliphatic rings. The number of nitrogens with one attached hydrogen (secondary N) is 2. The molecule has 0 saturated carbocycles. The number of hydrogen-bond acceptors (Lipinski definition) is 9. The van der Waals surface area contributed by atoms with Crippen molar-refractivity contribution in [2.75, 3.05) is 10.7 Å². The summed E-state index contributed by atoms with van der Waals surface area (Å²) < 4.78 is 4.66. The Morgan fingerprint density at radius 2 is 1.75 bits per heavy atom. The lowest BCUT2D eigenvalue weighted by atomic mass is 10.1. The van der Waals surface area contributed by atoms with Gasteiger partial charge in [-0.3, -0.25) is 5.43 Å². The maximum Gasteiger partial charge on any atom is 0.335 e. The Hall–Kier alpha value is -4.34. The summed E-state index contributed by atoms with van der Waals surface area (Å²) in [6.45, 7) is 0. The van der Waals surface area contributed by atoms with E-state index < -0.39 is 5.97 Å². The van der Waals surface area contributed by atoms with Gasteiger partial charge in [-0.2, -0.15) is 10.1 Å². The van der Waals surface area contributed by atoms with Crippen LogP contribution in [0.1, 0.15) is 15.9 Å². The van der Waals surface area contributed by atoms with Gasteiger partial charge in [-0.05, 0) is 40.1 Å². The van der Waals surface area contributed by atoms with Crippen LogP contribution in [-0.2, 0) is 0 Å². The van der Waals surface area contributed by atoms with Crippen molar-refractivity contribution in [1.82, 2.24) is 20.3 Å². The Morgan fingerprint density at radius 3 is 2.50 bits per heavy atom. The van der Waals surface area contributed by atoms with Gasteiger partial charge < -0.3 is 10.4 Å². The van der Waals surface area contributed by atoms with E-state index in [1.807, 2.05) is 30.3 Å². The average molecular weight is 375 g/mol. The zero-order valence-electron chi connectivity index (χ0n) is 14.3. The lowest BCUT2D eigenvalue weighted by molar-refractivity contribution is 0.0697. The predicted molar refractivity (Wildman–Crippen MR) is 102 cm³/mol. The van der Waals surface area contributed by atoms with Gasteiger partial charge in [-0.25, -0.2) is 14.4 Å². The third-order valence-corrected chi connectivity index (χ3v) is 3.67. The number of rotatable bonds is 6. The molecule has 4 rings (SSSR count). The monoisotopic (exact) mass is 375 g/mol. The number of aromatic carboxylic acids is 1. The highest BCUT2D eigenvalue weighted by molar-refractivity contribution is 5.91. The third kappa shape index (κ3) is 3.75. The van der Waals surface area contributed by atoms with Gasteiger partial charge in [0.15, 0.2) is 11.6 Å². The van der Waals surface area contributed by atoms with E-state index >= 15 is 0 Å². The van der Waals surface area contributed by atoms with Crippen molar-refractivity contribution in [3.05, 3.63) is 65.7 Å². The minimum Gasteiger partial charge on any atom is -0.478 e. The van der Waals surface area contributed by atoms with Crippen LogP contribution < -0.4 is 10.7 Å². The molecule has 4 aromatic rings. The number of fused-ring (bicyclic) bond motifs is 1. The molecular weight excluding hydrogens is 362 g/mol. The zero-order valence-corrected chi connectivity index (χ0v) is 14.3. The highest BCUT2D eigenvalue weighted by Crippen LogP contribution is 2.23. The summed E-state index contributed by atoms with van der Waals surface area (Å²) in [7, 11) is 0. The smallest absolute Gasteiger partial charge is 0.335 e. The molecule has 2 aromatic carbocycles. The van der Waals surface area contributed by atoms with Gasteiger partial charge in [0.2, 0.25) is 11.3 Å². The lowest BCUT2D eigenvalue weighted by Gasteiger charge is -2.09. The quantitative estimate of drug-likeness (QED) is 0.343. The van der Waals surface area contributed by atoms with Crippen molar-refractivity contribution >= 4 is 40.8 Å². The molecule has 0 aliphatic heterocycles. The summed E-state index contributed by atoms with van der Waals surface area (Å²) >= 11 is 0. The number of anilines is 3. The first-order valence-electron chi connectivity index (χ1n) is 8.14. The molecule has 10 nitrogen and oxygen atoms in total. The van der Waals surface area contributed by atoms with Gasteiger partial charge in [0.1, 0.15) is 0 Å². The number of aromatic nitrogens is 4. The summed E-state index contributed by atoms with van der Waals surface area (Å²) in [6, 6.07) is 15.8. The van der Waals surface area contributed by atoms with Gasteiger partial charge in [-0.1, -0.05) is 30.3 Å². The molecule has 138 valence electrons. The van der Waals surface area contributed by atoms with Crippen LogP contribution in [0.4, 0.5) is 17.3 Å². The molecule has 0 atom stereocenters. The molecule has 3 N–H and O–H groups in total. The van der Waals surface area contributed by atoms with E-state index in [0.29, 0.717) is 17.2 Å². The number of carboxylic acids is 1. The minimum absolute atomic E-state index is 0.172. The molecule has 2 aromatic heterocycles. The molecule has 0 bridgehead atoms. The molecule has 0 saturated heterocycles. The number of hydrogen-bond donors (Lipinski definition) is 3. The molecule has 28 heavy (non-hydrogen) atoms. The average Bonchev–Trinajstić information content (AvgIpc) is 3.16. The second kappa shape index (κ2) is 7.50. The molecule has 0 spiro atoms. The summed E-state index contributed by atoms with van der Waals surface area (Å²) in [6.07, 6.45) is 1.48. The van der Waals surface area contributed by atoms with Crippen LogP contribution in [0.2, 0.25) is 0 Å². The Bertz CT molecular complexity index is 1160. The molecular formula is C18H13N7O3. The van der Waals surface area contributed by atoms with Crippen LogP contribution in [0.15, 0.2) is 64.3 Å². The summed E-state index contributed by atoms with van der Waals surface area (Å²) in [5.41, 5.74) is 4.85. The van der Waals surface area contributed by atoms with Crippen LogP contribution in [-0.4, -0.2) is 37.6 Å². The molecule has 0 radical (unpaired) electrons. The summed E-state index contributed by atoms with van der Waals surface area (Å²) in [5.74, 6) is -0.323. The van der Waals surface area contributed by atoms with Crippen molar-refractivity contribution in [2.24, 2.45) is 5.10 Å². The molecule has 0 aliphatic carbocycles. The second-order valence-corrected chi connectivity index (χ2v) is 5.62. The van der Waals surface area contributed by atoms with Crippen molar-refractivity contribution in [1.29, 1.82) is 0 Å². The largest absolute Gasteiger partial charge is 0.478 e. The maximum atomic E-state index is 11.1. The Morgan fingerprint density at radius 1 is 1.00 bits per heavy atom. The van der Waals surface area contributed by atoms with Crippen molar-refractivity contribution < 1.29 is 14.5 Å². The van der Waals surface area contributed by atoms with Gasteiger partial charge >= 0.3 is 5.97 Å². The molecule has 0 unspecified atom stereocenters. The van der Waals surface area contributed by atoms with Crippen LogP contribution >= 0.6 is 0 Å². The number of carboxylic acid groups (broad SMARTS) is 1. The van der Waals surface area contributed by atoms with Gasteiger partial charge in [0, 0.05) is 5.69 Å². The number of benzene rings is 2. The second-order valence-electron chi connectivity index (χ2n) is 5.62. The SMILES string of the molecule is O=C(O)c1cccc(C=NNc2nc3nonc3nc2Nc2ccccc2)c1. The standard InChI is InChI=1S/C18H13N7O3/c26-18(27)12-6-4-5-11(9-12)10-19-23-15-14(20-13-7-2-1-3-8-13)21-16-17(22-15)25-28-24-16/h1-10H,(H,26,27)(H,20,21,24)(H,22,23,25). The predicted octanol–water partition coefficient (Wildman–Crippen LogP) is 2.90. The highest BCUT2D eigenvalue weighted by atomic mass is 16.6. The Balaban J connectivity index is 1.61. The van der Waals surface area contributed by atoms with E-state index in [1.54, 1.807) is 12.1 Å². The fourth-order valence-corrected chi connectivity index (χ4v) is 2.38. The van der Waals surface area contributed by atoms with E-state index in [9.17, 15) is 4.79 Å². The zero-order chi connectivity index (χ0) is 19.3. The topological polar surface area (TPSA) is 138 Å². The minimum atomic E-state index is -1.01. The van der Waals surface area contributed by atoms with Crippen LogP contribution in [0.25, 0.3) is 11.3 Å². The van der Waals surface area contributed by atoms with Crippen LogP contribution in [0.3, 0.4) is 0 Å². The van der Waals surface area contributed by atoms with Crippen LogP contribution in [0.5, 0.6) is 0 Å². The molecule has 0 amide bonds. The molecule has 10 heteroatoms. The summed E-state index contributed by atoms with van der Waals surface area (Å²) in [5, 5.41) is 23.7. The summed E-state index contributed by atoms with van der Waals surface area (Å²) in [4.78, 5) is 19.7. The first-order valence-corrected chi connectivity index (χ1v) is 8.14. The van der Waals surface area contributed by atoms with E-state index in [0.717, 1.165) is 5.69 Å². The van der Waals surface area contributed by atoms with Crippen LogP contribution in [0, 0.1) is 0 Å². The normalized spacial score (nSPS) is 11.0. The Kier molecular flexibility index (Phi) is 4.58. The Labute approximate surface area is 157 Å². The maximum absolute atomic E-state index is 11.1. The molecule has 2 heterocycles. The first kappa shape index (κ1) is 17.1. The molecule has 0 fully saturated rings. The van der Waals surface area contributed by atoms with E-state index in [2.05, 4.69) is 40.8 Å². The number of para-hydroxylation sites is 1. The fraction of sp³-hybridized carbons (Fsp3) is 0. The van der Waals surface area contributed by atoms with Crippen molar-refractivity contribution in [3.8, 4) is 0 Å². The number of nitrogens with zero attached hydrogens (tertiary/aromatic N) is 5. The van der Waals surface area contributed by atoms with Crippen molar-refractivity contribution in [3.63, 3.8) is 0 Å². The highest BCUT2D eigenvalue weighted by Gasteiger charge is 2.12. The van der Waals surface area contributed by atoms with Gasteiger partial charge in [0.25, 0.3) is 0 Å². The van der Waals surface area contributed by atoms with Gasteiger partial charge in [-0.15, -0.1) is 0 Å². The van der Waals surface area contributed by atoms with Gasteiger partial charge in [0.05, 0.1) is 11.8 Å².